The maximum Gasteiger partial charge on any atom is 0.306 e. The maximum atomic E-state index is 12.6. The molecule has 4 heteroatoms. The molecule has 0 radical (unpaired) electrons. The fourth-order valence-electron chi connectivity index (χ4n) is 3.45. The Hall–Kier alpha value is -3.14. The summed E-state index contributed by atoms with van der Waals surface area (Å²) in [4.78, 5) is 24.8. The first-order valence-corrected chi connectivity index (χ1v) is 9.45. The standard InChI is InChI=1S/C24H25NO3/c1-17(20-10-6-4-7-11-20)14-24(27)28-16-23(26)22-15-18(2)25(19(22)3)21-12-8-5-9-13-21/h4-13,15,17H,14,16H2,1-3H3/t17-/m1/s1. The first kappa shape index (κ1) is 19.6. The molecule has 1 atom stereocenters. The van der Waals surface area contributed by atoms with E-state index < -0.39 is 0 Å². The number of ether oxygens (including phenoxy) is 1. The summed E-state index contributed by atoms with van der Waals surface area (Å²) in [6.07, 6.45) is 0.250. The second-order valence-corrected chi connectivity index (χ2v) is 7.06. The molecule has 2 aromatic carbocycles. The zero-order chi connectivity index (χ0) is 20.1. The van der Waals surface area contributed by atoms with E-state index >= 15 is 0 Å². The molecular formula is C24H25NO3. The molecule has 0 aliphatic rings. The van der Waals surface area contributed by atoms with Gasteiger partial charge in [-0.3, -0.25) is 9.59 Å². The number of benzene rings is 2. The van der Waals surface area contributed by atoms with Gasteiger partial charge in [0.1, 0.15) is 0 Å². The Morgan fingerprint density at radius 1 is 0.964 bits per heavy atom. The molecule has 0 saturated heterocycles. The Labute approximate surface area is 165 Å². The first-order chi connectivity index (χ1) is 13.5. The van der Waals surface area contributed by atoms with Crippen LogP contribution >= 0.6 is 0 Å². The number of Topliss-reactive ketones (excluding diaryl/α,β-unsaturated/α-hetero) is 1. The van der Waals surface area contributed by atoms with E-state index in [0.717, 1.165) is 22.6 Å². The first-order valence-electron chi connectivity index (χ1n) is 9.45. The van der Waals surface area contributed by atoms with Crippen molar-refractivity contribution in [2.45, 2.75) is 33.1 Å². The van der Waals surface area contributed by atoms with Crippen LogP contribution in [0.5, 0.6) is 0 Å². The molecule has 3 rings (SSSR count). The van der Waals surface area contributed by atoms with Crippen molar-refractivity contribution in [3.05, 3.63) is 89.2 Å². The van der Waals surface area contributed by atoms with Crippen molar-refractivity contribution in [1.29, 1.82) is 0 Å². The summed E-state index contributed by atoms with van der Waals surface area (Å²) in [7, 11) is 0. The second-order valence-electron chi connectivity index (χ2n) is 7.06. The van der Waals surface area contributed by atoms with Gasteiger partial charge in [-0.2, -0.15) is 0 Å². The van der Waals surface area contributed by atoms with Crippen LogP contribution in [0.4, 0.5) is 0 Å². The normalized spacial score (nSPS) is 11.8. The number of hydrogen-bond acceptors (Lipinski definition) is 3. The van der Waals surface area contributed by atoms with E-state index in [1.165, 1.54) is 0 Å². The Bertz CT molecular complexity index is 958. The number of ketones is 1. The van der Waals surface area contributed by atoms with Gasteiger partial charge in [-0.05, 0) is 43.5 Å². The van der Waals surface area contributed by atoms with Crippen LogP contribution in [0.3, 0.4) is 0 Å². The Kier molecular flexibility index (Phi) is 6.09. The number of rotatable bonds is 7. The molecule has 0 fully saturated rings. The van der Waals surface area contributed by atoms with Crippen LogP contribution in [0.25, 0.3) is 5.69 Å². The molecule has 0 spiro atoms. The summed E-state index contributed by atoms with van der Waals surface area (Å²) in [5.41, 5.74) is 4.49. The second kappa shape index (κ2) is 8.70. The predicted octanol–water partition coefficient (Wildman–Crippen LogP) is 5.01. The van der Waals surface area contributed by atoms with Gasteiger partial charge in [0.05, 0.1) is 6.42 Å². The molecule has 4 nitrogen and oxygen atoms in total. The number of para-hydroxylation sites is 1. The lowest BCUT2D eigenvalue weighted by Crippen LogP contribution is -2.16. The minimum absolute atomic E-state index is 0.0481. The van der Waals surface area contributed by atoms with Gasteiger partial charge >= 0.3 is 5.97 Å². The Balaban J connectivity index is 1.63. The predicted molar refractivity (Wildman–Crippen MR) is 110 cm³/mol. The van der Waals surface area contributed by atoms with Crippen molar-refractivity contribution < 1.29 is 14.3 Å². The topological polar surface area (TPSA) is 48.3 Å². The number of aromatic nitrogens is 1. The van der Waals surface area contributed by atoms with Crippen LogP contribution in [0, 0.1) is 13.8 Å². The van der Waals surface area contributed by atoms with Crippen LogP contribution in [0.1, 0.15) is 46.6 Å². The fraction of sp³-hybridized carbons (Fsp3) is 0.250. The molecule has 0 saturated carbocycles. The Morgan fingerprint density at radius 3 is 2.21 bits per heavy atom. The number of nitrogens with zero attached hydrogens (tertiary/aromatic N) is 1. The highest BCUT2D eigenvalue weighted by Crippen LogP contribution is 2.22. The smallest absolute Gasteiger partial charge is 0.306 e. The van der Waals surface area contributed by atoms with Gasteiger partial charge in [-0.25, -0.2) is 0 Å². The largest absolute Gasteiger partial charge is 0.457 e. The summed E-state index contributed by atoms with van der Waals surface area (Å²) in [5, 5.41) is 0. The molecular weight excluding hydrogens is 350 g/mol. The van der Waals surface area contributed by atoms with Crippen molar-refractivity contribution in [2.24, 2.45) is 0 Å². The van der Waals surface area contributed by atoms with Gasteiger partial charge in [0, 0.05) is 22.6 Å². The van der Waals surface area contributed by atoms with Crippen LogP contribution in [0.2, 0.25) is 0 Å². The SMILES string of the molecule is Cc1cc(C(=O)COC(=O)C[C@@H](C)c2ccccc2)c(C)n1-c1ccccc1. The van der Waals surface area contributed by atoms with E-state index in [0.29, 0.717) is 5.56 Å². The van der Waals surface area contributed by atoms with Crippen LogP contribution < -0.4 is 0 Å². The monoisotopic (exact) mass is 375 g/mol. The third kappa shape index (κ3) is 4.39. The summed E-state index contributed by atoms with van der Waals surface area (Å²) in [5.74, 6) is -0.496. The van der Waals surface area contributed by atoms with Crippen LogP contribution in [-0.4, -0.2) is 22.9 Å². The number of carbonyl (C=O) groups excluding carboxylic acids is 2. The highest BCUT2D eigenvalue weighted by atomic mass is 16.5. The molecule has 0 unspecified atom stereocenters. The van der Waals surface area contributed by atoms with Gasteiger partial charge in [0.15, 0.2) is 6.61 Å². The molecule has 1 heterocycles. The number of aryl methyl sites for hydroxylation is 1. The van der Waals surface area contributed by atoms with E-state index in [2.05, 4.69) is 0 Å². The van der Waals surface area contributed by atoms with Crippen molar-refractivity contribution in [2.75, 3.05) is 6.61 Å². The minimum atomic E-state index is -0.360. The van der Waals surface area contributed by atoms with Crippen molar-refractivity contribution in [3.8, 4) is 5.69 Å². The average Bonchev–Trinajstić information content (AvgIpc) is 3.01. The summed E-state index contributed by atoms with van der Waals surface area (Å²) in [6.45, 7) is 5.61. The molecule has 3 aromatic rings. The molecule has 0 N–H and O–H groups in total. The molecule has 0 aliphatic carbocycles. The molecule has 0 bridgehead atoms. The summed E-state index contributed by atoms with van der Waals surface area (Å²) >= 11 is 0. The summed E-state index contributed by atoms with van der Waals surface area (Å²) in [6, 6.07) is 21.6. The zero-order valence-corrected chi connectivity index (χ0v) is 16.5. The highest BCUT2D eigenvalue weighted by Gasteiger charge is 2.19. The van der Waals surface area contributed by atoms with Gasteiger partial charge in [0.25, 0.3) is 0 Å². The van der Waals surface area contributed by atoms with Crippen molar-refractivity contribution in [1.82, 2.24) is 4.57 Å². The number of carbonyl (C=O) groups is 2. The van der Waals surface area contributed by atoms with E-state index in [9.17, 15) is 9.59 Å². The highest BCUT2D eigenvalue weighted by molar-refractivity contribution is 5.99. The van der Waals surface area contributed by atoms with Crippen LogP contribution in [0.15, 0.2) is 66.7 Å². The lowest BCUT2D eigenvalue weighted by molar-refractivity contribution is -0.142. The van der Waals surface area contributed by atoms with Gasteiger partial charge in [0.2, 0.25) is 5.78 Å². The minimum Gasteiger partial charge on any atom is -0.457 e. The van der Waals surface area contributed by atoms with E-state index in [1.54, 1.807) is 0 Å². The van der Waals surface area contributed by atoms with E-state index in [1.807, 2.05) is 92.1 Å². The maximum absolute atomic E-state index is 12.6. The molecule has 1 aromatic heterocycles. The average molecular weight is 375 g/mol. The lowest BCUT2D eigenvalue weighted by Gasteiger charge is -2.11. The number of esters is 1. The Morgan fingerprint density at radius 2 is 1.57 bits per heavy atom. The summed E-state index contributed by atoms with van der Waals surface area (Å²) < 4.78 is 7.30. The van der Waals surface area contributed by atoms with Crippen molar-refractivity contribution in [3.63, 3.8) is 0 Å². The number of hydrogen-bond donors (Lipinski definition) is 0. The van der Waals surface area contributed by atoms with Crippen molar-refractivity contribution >= 4 is 11.8 Å². The molecule has 0 aliphatic heterocycles. The third-order valence-electron chi connectivity index (χ3n) is 4.95. The zero-order valence-electron chi connectivity index (χ0n) is 16.5. The van der Waals surface area contributed by atoms with Crippen LogP contribution in [-0.2, 0) is 9.53 Å². The molecule has 0 amide bonds. The molecule has 28 heavy (non-hydrogen) atoms. The van der Waals surface area contributed by atoms with Gasteiger partial charge < -0.3 is 9.30 Å². The van der Waals surface area contributed by atoms with Gasteiger partial charge in [-0.15, -0.1) is 0 Å². The van der Waals surface area contributed by atoms with Gasteiger partial charge in [-0.1, -0.05) is 55.5 Å². The molecule has 144 valence electrons. The third-order valence-corrected chi connectivity index (χ3v) is 4.95. The quantitative estimate of drug-likeness (QED) is 0.431. The fourth-order valence-corrected chi connectivity index (χ4v) is 3.45. The lowest BCUT2D eigenvalue weighted by atomic mass is 9.98. The van der Waals surface area contributed by atoms with E-state index in [-0.39, 0.29) is 30.7 Å². The van der Waals surface area contributed by atoms with E-state index in [4.69, 9.17) is 4.74 Å².